The first kappa shape index (κ1) is 23.1. The van der Waals surface area contributed by atoms with E-state index in [2.05, 4.69) is 0 Å². The third-order valence-corrected chi connectivity index (χ3v) is 4.68. The lowest BCUT2D eigenvalue weighted by atomic mass is 10.2. The Morgan fingerprint density at radius 1 is 0.483 bits per heavy atom. The lowest BCUT2D eigenvalue weighted by Crippen LogP contribution is -2.02. The first-order valence-corrected chi connectivity index (χ1v) is 11.0. The first-order chi connectivity index (χ1) is 13.8. The summed E-state index contributed by atoms with van der Waals surface area (Å²) in [6.07, 6.45) is 0. The minimum absolute atomic E-state index is 0.718. The molecule has 3 rings (SSSR count). The average Bonchev–Trinajstić information content (AvgIpc) is 2.67. The van der Waals surface area contributed by atoms with Gasteiger partial charge in [-0.05, 0) is 57.2 Å². The van der Waals surface area contributed by atoms with Crippen LogP contribution in [0.1, 0.15) is 16.7 Å². The van der Waals surface area contributed by atoms with Crippen molar-refractivity contribution >= 4 is 17.2 Å². The van der Waals surface area contributed by atoms with Crippen LogP contribution in [0.5, 0.6) is 17.2 Å². The Balaban J connectivity index is 0.000000687. The molecule has 0 saturated carbocycles. The van der Waals surface area contributed by atoms with Crippen molar-refractivity contribution in [3.63, 3.8) is 0 Å². The molecule has 6 nitrogen and oxygen atoms in total. The smallest absolute Gasteiger partial charge is 0.409 e. The molecule has 0 heterocycles. The maximum Gasteiger partial charge on any atom is 0.530 e. The van der Waals surface area contributed by atoms with Crippen LogP contribution in [-0.4, -0.2) is 14.7 Å². The van der Waals surface area contributed by atoms with Gasteiger partial charge < -0.3 is 28.3 Å². The zero-order valence-corrected chi connectivity index (χ0v) is 18.2. The third-order valence-electron chi connectivity index (χ3n) is 3.60. The van der Waals surface area contributed by atoms with Gasteiger partial charge in [-0.3, -0.25) is 0 Å². The van der Waals surface area contributed by atoms with Crippen molar-refractivity contribution < 1.29 is 28.3 Å². The van der Waals surface area contributed by atoms with E-state index >= 15 is 0 Å². The summed E-state index contributed by atoms with van der Waals surface area (Å²) in [7, 11) is -4.24. The monoisotopic (exact) mass is 434 g/mol. The van der Waals surface area contributed by atoms with Crippen LogP contribution in [-0.2, 0) is 0 Å². The Kier molecular flexibility index (Phi) is 9.33. The molecule has 0 spiro atoms. The Bertz CT molecular complexity index is 736. The van der Waals surface area contributed by atoms with Gasteiger partial charge in [-0.2, -0.15) is 0 Å². The lowest BCUT2D eigenvalue weighted by molar-refractivity contribution is 0.368. The highest BCUT2D eigenvalue weighted by molar-refractivity contribution is 7.43. The zero-order chi connectivity index (χ0) is 21.2. The molecule has 0 amide bonds. The minimum Gasteiger partial charge on any atom is -0.409 e. The van der Waals surface area contributed by atoms with Crippen LogP contribution in [0.3, 0.4) is 0 Å². The van der Waals surface area contributed by atoms with Crippen molar-refractivity contribution in [2.45, 2.75) is 20.8 Å². The van der Waals surface area contributed by atoms with Crippen molar-refractivity contribution in [1.29, 1.82) is 0 Å². The van der Waals surface area contributed by atoms with Gasteiger partial charge in [0, 0.05) is 0 Å². The van der Waals surface area contributed by atoms with Gasteiger partial charge >= 0.3 is 17.2 Å². The second-order valence-electron chi connectivity index (χ2n) is 6.20. The second kappa shape index (κ2) is 11.7. The molecule has 8 heteroatoms. The molecule has 0 unspecified atom stereocenters. The highest BCUT2D eigenvalue weighted by atomic mass is 31.2. The Labute approximate surface area is 173 Å². The van der Waals surface area contributed by atoms with Gasteiger partial charge in [-0.25, -0.2) is 0 Å². The molecule has 0 saturated heterocycles. The summed E-state index contributed by atoms with van der Waals surface area (Å²) in [5, 5.41) is 0. The van der Waals surface area contributed by atoms with Gasteiger partial charge in [0.1, 0.15) is 17.2 Å². The fourth-order valence-corrected chi connectivity index (χ4v) is 3.10. The van der Waals surface area contributed by atoms with Crippen LogP contribution in [0.2, 0.25) is 0 Å². The van der Waals surface area contributed by atoms with Crippen molar-refractivity contribution in [2.24, 2.45) is 0 Å². The van der Waals surface area contributed by atoms with Crippen LogP contribution in [0, 0.1) is 20.8 Å². The van der Waals surface area contributed by atoms with E-state index in [0.717, 1.165) is 17.2 Å². The van der Waals surface area contributed by atoms with Crippen molar-refractivity contribution in [3.05, 3.63) is 89.5 Å². The van der Waals surface area contributed by atoms with Gasteiger partial charge in [0.25, 0.3) is 0 Å². The van der Waals surface area contributed by atoms with Gasteiger partial charge in [0.05, 0.1) is 0 Å². The summed E-state index contributed by atoms with van der Waals surface area (Å²) in [5.74, 6) is 2.16. The predicted octanol–water partition coefficient (Wildman–Crippen LogP) is 5.57. The fraction of sp³-hybridized carbons (Fsp3) is 0.143. The van der Waals surface area contributed by atoms with E-state index < -0.39 is 17.2 Å². The normalized spacial score (nSPS) is 10.3. The highest BCUT2D eigenvalue weighted by Crippen LogP contribution is 2.42. The fourth-order valence-electron chi connectivity index (χ4n) is 2.11. The zero-order valence-electron chi connectivity index (χ0n) is 16.4. The van der Waals surface area contributed by atoms with E-state index in [1.807, 2.05) is 93.6 Å². The average molecular weight is 434 g/mol. The molecule has 0 fully saturated rings. The predicted molar refractivity (Wildman–Crippen MR) is 116 cm³/mol. The van der Waals surface area contributed by atoms with Gasteiger partial charge in [0.2, 0.25) is 0 Å². The van der Waals surface area contributed by atoms with E-state index in [0.29, 0.717) is 0 Å². The standard InChI is InChI=1S/C21H21O3P.H3O3P/c1-16-4-10-19(11-5-16)22-25(23-20-12-6-17(2)7-13-20)24-21-14-8-18(3)9-15-21;1-4(2)3/h4-15H,1-3H3;1-3H. The number of hydrogen-bond donors (Lipinski definition) is 3. The molecule has 0 radical (unpaired) electrons. The molecule has 0 aromatic heterocycles. The van der Waals surface area contributed by atoms with E-state index in [1.54, 1.807) is 0 Å². The molecule has 154 valence electrons. The van der Waals surface area contributed by atoms with Crippen LogP contribution < -0.4 is 13.6 Å². The minimum atomic E-state index is -2.62. The quantitative estimate of drug-likeness (QED) is 0.440. The highest BCUT2D eigenvalue weighted by Gasteiger charge is 2.19. The number of aryl methyl sites for hydroxylation is 3. The Morgan fingerprint density at radius 3 is 0.897 bits per heavy atom. The largest absolute Gasteiger partial charge is 0.530 e. The summed E-state index contributed by atoms with van der Waals surface area (Å²) < 4.78 is 17.9. The molecule has 3 aromatic rings. The van der Waals surface area contributed by atoms with Crippen molar-refractivity contribution in [2.75, 3.05) is 0 Å². The number of rotatable bonds is 6. The number of hydrogen-bond acceptors (Lipinski definition) is 6. The molecule has 0 atom stereocenters. The van der Waals surface area contributed by atoms with E-state index in [4.69, 9.17) is 28.3 Å². The lowest BCUT2D eigenvalue weighted by Gasteiger charge is -2.18. The maximum atomic E-state index is 7.23. The molecule has 0 aliphatic heterocycles. The van der Waals surface area contributed by atoms with Crippen LogP contribution in [0.4, 0.5) is 0 Å². The summed E-state index contributed by atoms with van der Waals surface area (Å²) in [4.78, 5) is 21.7. The van der Waals surface area contributed by atoms with Gasteiger partial charge in [-0.15, -0.1) is 0 Å². The van der Waals surface area contributed by atoms with Gasteiger partial charge in [0.15, 0.2) is 0 Å². The second-order valence-corrected chi connectivity index (χ2v) is 7.74. The van der Waals surface area contributed by atoms with E-state index in [-0.39, 0.29) is 0 Å². The number of benzene rings is 3. The van der Waals surface area contributed by atoms with Crippen LogP contribution in [0.25, 0.3) is 0 Å². The third kappa shape index (κ3) is 9.23. The van der Waals surface area contributed by atoms with E-state index in [1.165, 1.54) is 16.7 Å². The molecule has 3 aromatic carbocycles. The molecule has 0 aliphatic rings. The molecule has 0 aliphatic carbocycles. The summed E-state index contributed by atoms with van der Waals surface area (Å²) in [6.45, 7) is 6.12. The SMILES string of the molecule is Cc1ccc(OP(Oc2ccc(C)cc2)Oc2ccc(C)cc2)cc1.OP(O)O. The summed E-state index contributed by atoms with van der Waals surface area (Å²) >= 11 is 0. The molecular weight excluding hydrogens is 410 g/mol. The van der Waals surface area contributed by atoms with Crippen LogP contribution >= 0.6 is 17.2 Å². The molecule has 29 heavy (non-hydrogen) atoms. The van der Waals surface area contributed by atoms with Gasteiger partial charge in [-0.1, -0.05) is 53.1 Å². The van der Waals surface area contributed by atoms with E-state index in [9.17, 15) is 0 Å². The topological polar surface area (TPSA) is 88.4 Å². The van der Waals surface area contributed by atoms with Crippen molar-refractivity contribution in [1.82, 2.24) is 0 Å². The summed E-state index contributed by atoms with van der Waals surface area (Å²) in [5.41, 5.74) is 3.53. The Morgan fingerprint density at radius 2 is 0.690 bits per heavy atom. The van der Waals surface area contributed by atoms with Crippen molar-refractivity contribution in [3.8, 4) is 17.2 Å². The Hall–Kier alpha value is -2.20. The molecule has 0 bridgehead atoms. The van der Waals surface area contributed by atoms with Crippen LogP contribution in [0.15, 0.2) is 72.8 Å². The first-order valence-electron chi connectivity index (χ1n) is 8.72. The molecule has 3 N–H and O–H groups in total. The maximum absolute atomic E-state index is 7.23. The molecular formula is C21H24O6P2. The summed E-state index contributed by atoms with van der Waals surface area (Å²) in [6, 6.07) is 23.5.